The third-order valence-electron chi connectivity index (χ3n) is 6.61. The molecule has 4 aromatic rings. The number of carbonyl (C=O) groups is 1. The maximum Gasteiger partial charge on any atom is 0.355 e. The van der Waals surface area contributed by atoms with E-state index in [9.17, 15) is 14.9 Å². The van der Waals surface area contributed by atoms with Crippen LogP contribution in [-0.4, -0.2) is 70.7 Å². The molecule has 2 aromatic carbocycles. The Morgan fingerprint density at radius 3 is 2.51 bits per heavy atom. The van der Waals surface area contributed by atoms with Crippen LogP contribution >= 0.6 is 0 Å². The number of nitro groups is 1. The highest BCUT2D eigenvalue weighted by Gasteiger charge is 2.26. The normalized spacial score (nSPS) is 11.0. The maximum absolute atomic E-state index is 13.2. The molecule has 11 nitrogen and oxygen atoms in total. The summed E-state index contributed by atoms with van der Waals surface area (Å²) in [6.45, 7) is 6.88. The van der Waals surface area contributed by atoms with E-state index in [1.165, 1.54) is 6.07 Å². The number of nitrogens with zero attached hydrogens (tertiary/aromatic N) is 6. The molecule has 0 unspecified atom stereocenters. The first kappa shape index (κ1) is 31.0. The topological polar surface area (TPSA) is 119 Å². The standard InChI is InChI=1S/C29H35N7O4.CH4/c1-18(2)40-28(37)27-26(20-10-8-9-11-23(20)35(27)7)21-12-13-30-29(31-21)32-22-17-25(36(38)39)24(16-19(22)3)34(6)15-14-33(4)5;/h8-13,16-18H,14-15H2,1-7H3,(H,30,31,32);1H4. The van der Waals surface area contributed by atoms with Gasteiger partial charge in [0.2, 0.25) is 5.95 Å². The summed E-state index contributed by atoms with van der Waals surface area (Å²) in [5.41, 5.74) is 4.25. The van der Waals surface area contributed by atoms with Gasteiger partial charge in [0.15, 0.2) is 0 Å². The van der Waals surface area contributed by atoms with E-state index in [2.05, 4.69) is 10.3 Å². The molecule has 11 heteroatoms. The van der Waals surface area contributed by atoms with Crippen LogP contribution in [0.5, 0.6) is 0 Å². The fourth-order valence-electron chi connectivity index (χ4n) is 4.58. The molecule has 0 spiro atoms. The zero-order valence-corrected chi connectivity index (χ0v) is 23.9. The number of likely N-dealkylation sites (N-methyl/N-ethyl adjacent to an activating group) is 2. The van der Waals surface area contributed by atoms with Crippen molar-refractivity contribution < 1.29 is 14.5 Å². The molecule has 2 heterocycles. The SMILES string of the molecule is C.Cc1cc(N(C)CCN(C)C)c([N+](=O)[O-])cc1Nc1nccc(-c2c(C(=O)OC(C)C)n(C)c3ccccc23)n1. The number of para-hydroxylation sites is 1. The third kappa shape index (κ3) is 6.63. The fraction of sp³-hybridized carbons (Fsp3) is 0.367. The van der Waals surface area contributed by atoms with Crippen LogP contribution in [0.15, 0.2) is 48.7 Å². The van der Waals surface area contributed by atoms with Crippen LogP contribution < -0.4 is 10.2 Å². The lowest BCUT2D eigenvalue weighted by molar-refractivity contribution is -0.384. The molecule has 0 fully saturated rings. The Hall–Kier alpha value is -4.51. The molecule has 218 valence electrons. The van der Waals surface area contributed by atoms with Crippen molar-refractivity contribution in [2.45, 2.75) is 34.3 Å². The van der Waals surface area contributed by atoms with Crippen molar-refractivity contribution >= 4 is 39.9 Å². The summed E-state index contributed by atoms with van der Waals surface area (Å²) < 4.78 is 7.37. The lowest BCUT2D eigenvalue weighted by Crippen LogP contribution is -2.29. The molecule has 0 atom stereocenters. The molecule has 0 bridgehead atoms. The van der Waals surface area contributed by atoms with Crippen molar-refractivity contribution in [3.05, 3.63) is 70.0 Å². The molecule has 4 rings (SSSR count). The van der Waals surface area contributed by atoms with E-state index in [0.29, 0.717) is 34.9 Å². The van der Waals surface area contributed by atoms with Crippen LogP contribution in [0.2, 0.25) is 0 Å². The molecule has 0 aliphatic carbocycles. The predicted octanol–water partition coefficient (Wildman–Crippen LogP) is 5.79. The molecule has 1 N–H and O–H groups in total. The van der Waals surface area contributed by atoms with E-state index in [1.807, 2.05) is 73.7 Å². The molecule has 0 radical (unpaired) electrons. The predicted molar refractivity (Wildman–Crippen MR) is 164 cm³/mol. The van der Waals surface area contributed by atoms with E-state index in [1.54, 1.807) is 32.2 Å². The number of aryl methyl sites for hydroxylation is 2. The van der Waals surface area contributed by atoms with Crippen LogP contribution in [0.3, 0.4) is 0 Å². The molecular formula is C30H39N7O4. The van der Waals surface area contributed by atoms with Crippen molar-refractivity contribution in [3.8, 4) is 11.3 Å². The van der Waals surface area contributed by atoms with Gasteiger partial charge in [0.1, 0.15) is 11.4 Å². The van der Waals surface area contributed by atoms with Gasteiger partial charge < -0.3 is 24.4 Å². The number of fused-ring (bicyclic) bond motifs is 1. The van der Waals surface area contributed by atoms with E-state index in [-0.39, 0.29) is 30.1 Å². The molecule has 0 saturated heterocycles. The highest BCUT2D eigenvalue weighted by molar-refractivity contribution is 6.08. The summed E-state index contributed by atoms with van der Waals surface area (Å²) in [7, 11) is 7.59. The smallest absolute Gasteiger partial charge is 0.355 e. The number of rotatable bonds is 10. The number of esters is 1. The monoisotopic (exact) mass is 561 g/mol. The van der Waals surface area contributed by atoms with E-state index >= 15 is 0 Å². The molecule has 2 aromatic heterocycles. The number of benzene rings is 2. The zero-order valence-electron chi connectivity index (χ0n) is 23.9. The first-order chi connectivity index (χ1) is 19.0. The molecular weight excluding hydrogens is 522 g/mol. The number of anilines is 3. The molecule has 0 aliphatic heterocycles. The summed E-state index contributed by atoms with van der Waals surface area (Å²) >= 11 is 0. The minimum atomic E-state index is -0.447. The largest absolute Gasteiger partial charge is 0.458 e. The van der Waals surface area contributed by atoms with Gasteiger partial charge in [-0.05, 0) is 58.6 Å². The van der Waals surface area contributed by atoms with Gasteiger partial charge in [0.25, 0.3) is 5.69 Å². The lowest BCUT2D eigenvalue weighted by atomic mass is 10.1. The second-order valence-electron chi connectivity index (χ2n) is 10.3. The van der Waals surface area contributed by atoms with Crippen molar-refractivity contribution in [2.24, 2.45) is 7.05 Å². The summed E-state index contributed by atoms with van der Waals surface area (Å²) in [5, 5.41) is 16.0. The highest BCUT2D eigenvalue weighted by Crippen LogP contribution is 2.36. The summed E-state index contributed by atoms with van der Waals surface area (Å²) in [5.74, 6) is -0.197. The Kier molecular flexibility index (Phi) is 9.67. The van der Waals surface area contributed by atoms with Crippen LogP contribution in [0, 0.1) is 17.0 Å². The number of hydrogen-bond donors (Lipinski definition) is 1. The number of ether oxygens (including phenoxy) is 1. The van der Waals surface area contributed by atoms with Crippen LogP contribution in [0.25, 0.3) is 22.2 Å². The Bertz CT molecular complexity index is 1560. The number of nitro benzene ring substituents is 1. The molecule has 0 saturated carbocycles. The molecule has 0 aliphatic rings. The summed E-state index contributed by atoms with van der Waals surface area (Å²) in [6.07, 6.45) is 1.31. The minimum Gasteiger partial charge on any atom is -0.458 e. The average Bonchev–Trinajstić information content (AvgIpc) is 3.20. The van der Waals surface area contributed by atoms with Crippen molar-refractivity contribution in [2.75, 3.05) is 44.4 Å². The maximum atomic E-state index is 13.2. The van der Waals surface area contributed by atoms with Gasteiger partial charge in [-0.1, -0.05) is 25.6 Å². The van der Waals surface area contributed by atoms with Crippen LogP contribution in [-0.2, 0) is 11.8 Å². The molecule has 0 amide bonds. The van der Waals surface area contributed by atoms with Crippen molar-refractivity contribution in [1.82, 2.24) is 19.4 Å². The van der Waals surface area contributed by atoms with Crippen molar-refractivity contribution in [3.63, 3.8) is 0 Å². The molecule has 41 heavy (non-hydrogen) atoms. The third-order valence-corrected chi connectivity index (χ3v) is 6.61. The van der Waals surface area contributed by atoms with Gasteiger partial charge in [-0.15, -0.1) is 0 Å². The second-order valence-corrected chi connectivity index (χ2v) is 10.3. The lowest BCUT2D eigenvalue weighted by Gasteiger charge is -2.22. The zero-order chi connectivity index (χ0) is 29.1. The number of hydrogen-bond acceptors (Lipinski definition) is 9. The summed E-state index contributed by atoms with van der Waals surface area (Å²) in [4.78, 5) is 37.7. The Balaban J connectivity index is 0.00000462. The van der Waals surface area contributed by atoms with E-state index < -0.39 is 5.97 Å². The highest BCUT2D eigenvalue weighted by atomic mass is 16.6. The van der Waals surface area contributed by atoms with E-state index in [4.69, 9.17) is 9.72 Å². The van der Waals surface area contributed by atoms with Crippen LogP contribution in [0.1, 0.15) is 37.3 Å². The van der Waals surface area contributed by atoms with Gasteiger partial charge in [0, 0.05) is 55.9 Å². The van der Waals surface area contributed by atoms with Gasteiger partial charge >= 0.3 is 5.97 Å². The Morgan fingerprint density at radius 1 is 1.15 bits per heavy atom. The quantitative estimate of drug-likeness (QED) is 0.146. The Morgan fingerprint density at radius 2 is 1.85 bits per heavy atom. The van der Waals surface area contributed by atoms with Crippen molar-refractivity contribution in [1.29, 1.82) is 0 Å². The second kappa shape index (κ2) is 12.8. The first-order valence-electron chi connectivity index (χ1n) is 13.0. The fourth-order valence-corrected chi connectivity index (χ4v) is 4.58. The average molecular weight is 562 g/mol. The first-order valence-corrected chi connectivity index (χ1v) is 13.0. The number of aromatic nitrogens is 3. The number of nitrogens with one attached hydrogen (secondary N) is 1. The van der Waals surface area contributed by atoms with Crippen LogP contribution in [0.4, 0.5) is 23.0 Å². The van der Waals surface area contributed by atoms with Gasteiger partial charge in [-0.2, -0.15) is 0 Å². The summed E-state index contributed by atoms with van der Waals surface area (Å²) in [6, 6.07) is 12.7. The minimum absolute atomic E-state index is 0. The van der Waals surface area contributed by atoms with Gasteiger partial charge in [-0.25, -0.2) is 14.8 Å². The Labute approximate surface area is 240 Å². The van der Waals surface area contributed by atoms with Gasteiger partial charge in [0.05, 0.1) is 22.4 Å². The van der Waals surface area contributed by atoms with Gasteiger partial charge in [-0.3, -0.25) is 10.1 Å². The number of carbonyl (C=O) groups excluding carboxylic acids is 1. The van der Waals surface area contributed by atoms with E-state index in [0.717, 1.165) is 23.0 Å².